The Balaban J connectivity index is 1.45. The van der Waals surface area contributed by atoms with E-state index in [9.17, 15) is 14.9 Å². The number of carbonyl (C=O) groups is 2. The highest BCUT2D eigenvalue weighted by Gasteiger charge is 2.37. The number of carbonyl (C=O) groups excluding carboxylic acids is 2. The maximum atomic E-state index is 12.7. The molecular formula is C25H24N4O2. The van der Waals surface area contributed by atoms with Crippen molar-refractivity contribution in [2.75, 3.05) is 0 Å². The minimum atomic E-state index is -0.703. The summed E-state index contributed by atoms with van der Waals surface area (Å²) >= 11 is 0. The molecular weight excluding hydrogens is 388 g/mol. The summed E-state index contributed by atoms with van der Waals surface area (Å²) in [6.07, 6.45) is 8.03. The van der Waals surface area contributed by atoms with Gasteiger partial charge in [-0.3, -0.25) is 14.6 Å². The second-order valence-electron chi connectivity index (χ2n) is 8.08. The maximum absolute atomic E-state index is 12.7. The van der Waals surface area contributed by atoms with Crippen LogP contribution in [-0.4, -0.2) is 26.3 Å². The van der Waals surface area contributed by atoms with E-state index in [-0.39, 0.29) is 18.0 Å². The van der Waals surface area contributed by atoms with Crippen molar-refractivity contribution in [1.82, 2.24) is 14.8 Å². The molecule has 0 N–H and O–H groups in total. The van der Waals surface area contributed by atoms with Gasteiger partial charge in [0.25, 0.3) is 0 Å². The van der Waals surface area contributed by atoms with Crippen LogP contribution in [-0.2, 0) is 23.1 Å². The van der Waals surface area contributed by atoms with Gasteiger partial charge in [0, 0.05) is 31.7 Å². The average Bonchev–Trinajstić information content (AvgIpc) is 3.31. The summed E-state index contributed by atoms with van der Waals surface area (Å²) in [6.45, 7) is 2.11. The normalized spacial score (nSPS) is 15.4. The zero-order valence-electron chi connectivity index (χ0n) is 17.5. The number of aromatic nitrogens is 3. The fourth-order valence-corrected chi connectivity index (χ4v) is 3.97. The minimum Gasteiger partial charge on any atom is -0.300 e. The predicted octanol–water partition coefficient (Wildman–Crippen LogP) is 4.16. The first-order valence-electron chi connectivity index (χ1n) is 10.6. The summed E-state index contributed by atoms with van der Waals surface area (Å²) in [5.74, 6) is 0.166. The van der Waals surface area contributed by atoms with Gasteiger partial charge in [0.15, 0.2) is 5.78 Å². The van der Waals surface area contributed by atoms with Crippen molar-refractivity contribution in [3.63, 3.8) is 0 Å². The largest absolute Gasteiger partial charge is 0.300 e. The van der Waals surface area contributed by atoms with E-state index in [0.29, 0.717) is 36.9 Å². The number of nitriles is 1. The predicted molar refractivity (Wildman–Crippen MR) is 116 cm³/mol. The molecule has 2 aromatic heterocycles. The number of nitrogens with zero attached hydrogens (tertiary/aromatic N) is 4. The Morgan fingerprint density at radius 1 is 1.10 bits per heavy atom. The molecule has 4 rings (SSSR count). The quantitative estimate of drug-likeness (QED) is 0.567. The molecule has 1 aliphatic carbocycles. The van der Waals surface area contributed by atoms with Gasteiger partial charge in [-0.2, -0.15) is 10.4 Å². The van der Waals surface area contributed by atoms with Crippen LogP contribution in [0.1, 0.15) is 59.8 Å². The highest BCUT2D eigenvalue weighted by atomic mass is 16.1. The van der Waals surface area contributed by atoms with Crippen molar-refractivity contribution < 1.29 is 9.59 Å². The highest BCUT2D eigenvalue weighted by molar-refractivity contribution is 5.97. The van der Waals surface area contributed by atoms with Crippen LogP contribution in [0.5, 0.6) is 0 Å². The van der Waals surface area contributed by atoms with Gasteiger partial charge < -0.3 is 0 Å². The molecule has 0 amide bonds. The second-order valence-corrected chi connectivity index (χ2v) is 8.08. The Bertz CT molecular complexity index is 1130. The fraction of sp³-hybridized carbons (Fsp3) is 0.320. The van der Waals surface area contributed by atoms with Gasteiger partial charge in [-0.15, -0.1) is 0 Å². The SMILES string of the molecule is CCc1ccc(-n2cc(C(=O)Cc3ccc(C4(C#N)CCC(=O)CC4)nc3)cn2)cc1. The summed E-state index contributed by atoms with van der Waals surface area (Å²) in [5.41, 5.74) is 3.47. The van der Waals surface area contributed by atoms with Crippen LogP contribution in [0.4, 0.5) is 0 Å². The van der Waals surface area contributed by atoms with Crippen LogP contribution in [0.2, 0.25) is 0 Å². The highest BCUT2D eigenvalue weighted by Crippen LogP contribution is 2.36. The van der Waals surface area contributed by atoms with Crippen LogP contribution in [0.3, 0.4) is 0 Å². The number of pyridine rings is 1. The van der Waals surface area contributed by atoms with Crippen LogP contribution < -0.4 is 0 Å². The first-order valence-corrected chi connectivity index (χ1v) is 10.6. The molecule has 31 heavy (non-hydrogen) atoms. The van der Waals surface area contributed by atoms with Crippen molar-refractivity contribution in [2.45, 2.75) is 50.9 Å². The molecule has 0 spiro atoms. The Morgan fingerprint density at radius 2 is 1.81 bits per heavy atom. The molecule has 1 aromatic carbocycles. The van der Waals surface area contributed by atoms with E-state index >= 15 is 0 Å². The third kappa shape index (κ3) is 4.31. The number of hydrogen-bond donors (Lipinski definition) is 0. The maximum Gasteiger partial charge on any atom is 0.170 e. The molecule has 2 heterocycles. The lowest BCUT2D eigenvalue weighted by Crippen LogP contribution is -2.31. The second kappa shape index (κ2) is 8.65. The summed E-state index contributed by atoms with van der Waals surface area (Å²) in [5, 5.41) is 14.0. The number of rotatable bonds is 6. The number of hydrogen-bond acceptors (Lipinski definition) is 5. The van der Waals surface area contributed by atoms with E-state index in [2.05, 4.69) is 35.2 Å². The van der Waals surface area contributed by atoms with E-state index < -0.39 is 5.41 Å². The molecule has 0 bridgehead atoms. The fourth-order valence-electron chi connectivity index (χ4n) is 3.97. The van der Waals surface area contributed by atoms with Gasteiger partial charge in [-0.25, -0.2) is 4.68 Å². The summed E-state index contributed by atoms with van der Waals surface area (Å²) in [6, 6.07) is 14.1. The monoisotopic (exact) mass is 412 g/mol. The van der Waals surface area contributed by atoms with Gasteiger partial charge in [-0.05, 0) is 48.6 Å². The van der Waals surface area contributed by atoms with E-state index in [1.54, 1.807) is 23.3 Å². The number of ketones is 2. The third-order valence-corrected chi connectivity index (χ3v) is 6.07. The van der Waals surface area contributed by atoms with Gasteiger partial charge in [0.2, 0.25) is 0 Å². The van der Waals surface area contributed by atoms with Crippen molar-refractivity contribution in [2.24, 2.45) is 0 Å². The van der Waals surface area contributed by atoms with E-state index in [1.807, 2.05) is 24.3 Å². The zero-order valence-corrected chi connectivity index (χ0v) is 17.5. The molecule has 0 saturated heterocycles. The van der Waals surface area contributed by atoms with E-state index in [1.165, 1.54) is 5.56 Å². The number of benzene rings is 1. The summed E-state index contributed by atoms with van der Waals surface area (Å²) in [4.78, 5) is 28.8. The molecule has 0 aliphatic heterocycles. The van der Waals surface area contributed by atoms with Gasteiger partial charge in [-0.1, -0.05) is 25.1 Å². The molecule has 0 atom stereocenters. The molecule has 6 heteroatoms. The smallest absolute Gasteiger partial charge is 0.170 e. The number of aryl methyl sites for hydroxylation is 1. The lowest BCUT2D eigenvalue weighted by molar-refractivity contribution is -0.121. The van der Waals surface area contributed by atoms with Gasteiger partial charge in [0.05, 0.1) is 29.2 Å². The molecule has 1 saturated carbocycles. The lowest BCUT2D eigenvalue weighted by atomic mass is 9.72. The number of Topliss-reactive ketones (excluding diaryl/α,β-unsaturated/α-hetero) is 2. The molecule has 0 unspecified atom stereocenters. The molecule has 0 radical (unpaired) electrons. The Kier molecular flexibility index (Phi) is 5.77. The van der Waals surface area contributed by atoms with Crippen LogP contribution >= 0.6 is 0 Å². The summed E-state index contributed by atoms with van der Waals surface area (Å²) < 4.78 is 1.70. The van der Waals surface area contributed by atoms with E-state index in [0.717, 1.165) is 17.7 Å². The van der Waals surface area contributed by atoms with Crippen LogP contribution in [0, 0.1) is 11.3 Å². The van der Waals surface area contributed by atoms with Crippen LogP contribution in [0.25, 0.3) is 5.69 Å². The molecule has 156 valence electrons. The van der Waals surface area contributed by atoms with Crippen LogP contribution in [0.15, 0.2) is 55.0 Å². The van der Waals surface area contributed by atoms with E-state index in [4.69, 9.17) is 0 Å². The Labute approximate surface area is 181 Å². The average molecular weight is 412 g/mol. The zero-order chi connectivity index (χ0) is 21.8. The van der Waals surface area contributed by atoms with Crippen molar-refractivity contribution >= 4 is 11.6 Å². The van der Waals surface area contributed by atoms with Gasteiger partial charge >= 0.3 is 0 Å². The minimum absolute atomic E-state index is 0.0377. The molecule has 3 aromatic rings. The summed E-state index contributed by atoms with van der Waals surface area (Å²) in [7, 11) is 0. The first-order chi connectivity index (χ1) is 15.0. The molecule has 1 aliphatic rings. The molecule has 6 nitrogen and oxygen atoms in total. The lowest BCUT2D eigenvalue weighted by Gasteiger charge is -2.29. The van der Waals surface area contributed by atoms with Crippen molar-refractivity contribution in [3.05, 3.63) is 77.4 Å². The molecule has 1 fully saturated rings. The van der Waals surface area contributed by atoms with Crippen molar-refractivity contribution in [3.8, 4) is 11.8 Å². The Morgan fingerprint density at radius 3 is 2.42 bits per heavy atom. The van der Waals surface area contributed by atoms with Crippen molar-refractivity contribution in [1.29, 1.82) is 5.26 Å². The third-order valence-electron chi connectivity index (χ3n) is 6.07. The van der Waals surface area contributed by atoms with Gasteiger partial charge in [0.1, 0.15) is 11.2 Å². The standard InChI is InChI=1S/C25H24N4O2/c1-2-18-3-6-21(7-4-18)29-16-20(15-28-29)23(31)13-19-5-8-24(27-14-19)25(17-26)11-9-22(30)10-12-25/h3-8,14-16H,2,9-13H2,1H3. The Hall–Kier alpha value is -3.59. The topological polar surface area (TPSA) is 88.6 Å². The first kappa shape index (κ1) is 20.7.